The Morgan fingerprint density at radius 1 is 0.955 bits per heavy atom. The molecule has 4 nitrogen and oxygen atoms in total. The summed E-state index contributed by atoms with van der Waals surface area (Å²) in [6, 6.07) is 18.2. The SMILES string of the molecule is CC(C)CCCC(C)C1CCC1.CCC.COc1c(-c2ccc(C)cc2)cnc2c1CCCC2(OC)c1ccc(C#N)cc1. The quantitative estimate of drug-likeness (QED) is 0.246. The van der Waals surface area contributed by atoms with Crippen LogP contribution in [0.1, 0.15) is 120 Å². The van der Waals surface area contributed by atoms with E-state index in [2.05, 4.69) is 71.9 Å². The maximum absolute atomic E-state index is 9.13. The zero-order valence-corrected chi connectivity index (χ0v) is 28.7. The van der Waals surface area contributed by atoms with Gasteiger partial charge in [-0.05, 0) is 67.2 Å². The lowest BCUT2D eigenvalue weighted by molar-refractivity contribution is 0.00311. The smallest absolute Gasteiger partial charge is 0.135 e. The first-order valence-electron chi connectivity index (χ1n) is 16.9. The maximum atomic E-state index is 9.13. The van der Waals surface area contributed by atoms with Crippen LogP contribution in [0, 0.1) is 36.0 Å². The first kappa shape index (κ1) is 35.3. The molecule has 5 rings (SSSR count). The van der Waals surface area contributed by atoms with Crippen LogP contribution in [0.4, 0.5) is 0 Å². The zero-order valence-electron chi connectivity index (χ0n) is 28.7. The second-order valence-electron chi connectivity index (χ2n) is 13.2. The summed E-state index contributed by atoms with van der Waals surface area (Å²) in [6.45, 7) is 13.4. The van der Waals surface area contributed by atoms with Crippen LogP contribution in [-0.4, -0.2) is 19.2 Å². The molecule has 0 aliphatic heterocycles. The number of nitriles is 1. The topological polar surface area (TPSA) is 55.1 Å². The fourth-order valence-electron chi connectivity index (χ4n) is 6.42. The Morgan fingerprint density at radius 3 is 2.14 bits per heavy atom. The van der Waals surface area contributed by atoms with E-state index in [9.17, 15) is 0 Å². The molecule has 2 aromatic carbocycles. The Labute approximate surface area is 268 Å². The summed E-state index contributed by atoms with van der Waals surface area (Å²) >= 11 is 0. The maximum Gasteiger partial charge on any atom is 0.135 e. The molecule has 44 heavy (non-hydrogen) atoms. The van der Waals surface area contributed by atoms with E-state index in [0.717, 1.165) is 70.7 Å². The monoisotopic (exact) mass is 596 g/mol. The van der Waals surface area contributed by atoms with Crippen LogP contribution in [0.25, 0.3) is 11.1 Å². The van der Waals surface area contributed by atoms with Gasteiger partial charge >= 0.3 is 0 Å². The number of fused-ring (bicyclic) bond motifs is 1. The number of rotatable bonds is 9. The molecule has 0 N–H and O–H groups in total. The summed E-state index contributed by atoms with van der Waals surface area (Å²) in [5.74, 6) is 3.88. The predicted molar refractivity (Wildman–Crippen MR) is 184 cm³/mol. The molecule has 2 aliphatic rings. The largest absolute Gasteiger partial charge is 0.496 e. The van der Waals surface area contributed by atoms with Gasteiger partial charge in [-0.3, -0.25) is 4.98 Å². The molecule has 0 radical (unpaired) electrons. The normalized spacial score (nSPS) is 18.0. The fraction of sp³-hybridized carbons (Fsp3) is 0.550. The number of pyridine rings is 1. The minimum atomic E-state index is -0.638. The molecule has 2 atom stereocenters. The average molecular weight is 597 g/mol. The lowest BCUT2D eigenvalue weighted by atomic mass is 9.75. The number of hydrogen-bond donors (Lipinski definition) is 0. The van der Waals surface area contributed by atoms with E-state index in [0.29, 0.717) is 5.56 Å². The lowest BCUT2D eigenvalue weighted by Gasteiger charge is -2.38. The van der Waals surface area contributed by atoms with Gasteiger partial charge in [-0.1, -0.05) is 122 Å². The van der Waals surface area contributed by atoms with Crippen molar-refractivity contribution in [2.45, 2.75) is 111 Å². The van der Waals surface area contributed by atoms with Crippen LogP contribution < -0.4 is 4.74 Å². The van der Waals surface area contributed by atoms with Gasteiger partial charge in [-0.25, -0.2) is 0 Å². The van der Waals surface area contributed by atoms with Crippen molar-refractivity contribution in [3.05, 3.63) is 82.7 Å². The number of aromatic nitrogens is 1. The number of ether oxygens (including phenoxy) is 2. The highest BCUT2D eigenvalue weighted by Crippen LogP contribution is 2.47. The minimum Gasteiger partial charge on any atom is -0.496 e. The van der Waals surface area contributed by atoms with Gasteiger partial charge in [0.1, 0.15) is 11.4 Å². The van der Waals surface area contributed by atoms with Gasteiger partial charge in [0.15, 0.2) is 0 Å². The molecular formula is C40H56N2O2. The van der Waals surface area contributed by atoms with Crippen LogP contribution in [0.3, 0.4) is 0 Å². The van der Waals surface area contributed by atoms with Crippen molar-refractivity contribution >= 4 is 0 Å². The van der Waals surface area contributed by atoms with Crippen molar-refractivity contribution in [3.63, 3.8) is 0 Å². The first-order chi connectivity index (χ1) is 21.2. The Hall–Kier alpha value is -3.16. The third-order valence-corrected chi connectivity index (χ3v) is 9.26. The summed E-state index contributed by atoms with van der Waals surface area (Å²) < 4.78 is 12.0. The molecule has 2 unspecified atom stereocenters. The molecule has 1 saturated carbocycles. The standard InChI is InChI=1S/C25H24N2O2.C12H24.C3H8/c1-17-6-10-19(11-7-17)22-16-27-24-21(23(22)28-2)5-4-14-25(24,29-3)20-12-8-18(15-26)9-13-20;1-10(2)6-4-7-11(3)12-8-5-9-12;1-3-2/h6-13,16H,4-5,14H2,1-3H3;10-12H,4-9H2,1-3H3;3H2,1-2H3. The van der Waals surface area contributed by atoms with E-state index in [4.69, 9.17) is 19.7 Å². The van der Waals surface area contributed by atoms with Gasteiger partial charge in [0.25, 0.3) is 0 Å². The van der Waals surface area contributed by atoms with E-state index in [1.165, 1.54) is 50.5 Å². The number of methoxy groups -OCH3 is 2. The molecule has 1 aromatic heterocycles. The summed E-state index contributed by atoms with van der Waals surface area (Å²) in [7, 11) is 3.45. The summed E-state index contributed by atoms with van der Waals surface area (Å²) in [5, 5.41) is 9.13. The molecule has 238 valence electrons. The Kier molecular flexibility index (Phi) is 13.9. The molecular weight excluding hydrogens is 540 g/mol. The van der Waals surface area contributed by atoms with Crippen molar-refractivity contribution in [1.82, 2.24) is 4.98 Å². The van der Waals surface area contributed by atoms with Gasteiger partial charge < -0.3 is 9.47 Å². The van der Waals surface area contributed by atoms with E-state index in [1.807, 2.05) is 30.5 Å². The highest BCUT2D eigenvalue weighted by Gasteiger charge is 2.41. The van der Waals surface area contributed by atoms with E-state index < -0.39 is 5.60 Å². The van der Waals surface area contributed by atoms with Crippen LogP contribution in [0.2, 0.25) is 0 Å². The molecule has 0 spiro atoms. The predicted octanol–water partition coefficient (Wildman–Crippen LogP) is 10.8. The van der Waals surface area contributed by atoms with E-state index in [1.54, 1.807) is 14.2 Å². The highest BCUT2D eigenvalue weighted by atomic mass is 16.5. The Bertz CT molecular complexity index is 1320. The van der Waals surface area contributed by atoms with Crippen LogP contribution in [0.15, 0.2) is 54.7 Å². The fourth-order valence-corrected chi connectivity index (χ4v) is 6.42. The Morgan fingerprint density at radius 2 is 1.61 bits per heavy atom. The number of aryl methyl sites for hydroxylation is 1. The number of benzene rings is 2. The van der Waals surface area contributed by atoms with Crippen LogP contribution in [0.5, 0.6) is 5.75 Å². The van der Waals surface area contributed by atoms with Crippen molar-refractivity contribution < 1.29 is 9.47 Å². The molecule has 0 bridgehead atoms. The molecule has 2 aliphatic carbocycles. The second-order valence-corrected chi connectivity index (χ2v) is 13.2. The van der Waals surface area contributed by atoms with Crippen molar-refractivity contribution in [1.29, 1.82) is 5.26 Å². The van der Waals surface area contributed by atoms with Crippen LogP contribution in [-0.2, 0) is 16.8 Å². The highest BCUT2D eigenvalue weighted by molar-refractivity contribution is 5.72. The summed E-state index contributed by atoms with van der Waals surface area (Å²) in [6.07, 6.45) is 14.7. The third kappa shape index (κ3) is 8.72. The molecule has 1 heterocycles. The summed E-state index contributed by atoms with van der Waals surface area (Å²) in [4.78, 5) is 4.90. The van der Waals surface area contributed by atoms with Gasteiger partial charge in [-0.15, -0.1) is 0 Å². The lowest BCUT2D eigenvalue weighted by Crippen LogP contribution is -2.35. The zero-order chi connectivity index (χ0) is 32.1. The van der Waals surface area contributed by atoms with E-state index in [-0.39, 0.29) is 0 Å². The minimum absolute atomic E-state index is 0.635. The van der Waals surface area contributed by atoms with Crippen molar-refractivity contribution in [2.75, 3.05) is 14.2 Å². The van der Waals surface area contributed by atoms with Gasteiger partial charge in [0.2, 0.25) is 0 Å². The molecule has 4 heteroatoms. The van der Waals surface area contributed by atoms with Gasteiger partial charge in [-0.2, -0.15) is 5.26 Å². The van der Waals surface area contributed by atoms with E-state index >= 15 is 0 Å². The Balaban J connectivity index is 0.000000294. The van der Waals surface area contributed by atoms with Crippen LogP contribution >= 0.6 is 0 Å². The molecule has 3 aromatic rings. The molecule has 0 saturated heterocycles. The summed E-state index contributed by atoms with van der Waals surface area (Å²) in [5.41, 5.74) is 6.33. The second kappa shape index (κ2) is 17.4. The molecule has 1 fully saturated rings. The number of hydrogen-bond acceptors (Lipinski definition) is 4. The van der Waals surface area contributed by atoms with Gasteiger partial charge in [0.05, 0.1) is 24.4 Å². The molecule has 0 amide bonds. The van der Waals surface area contributed by atoms with Crippen molar-refractivity contribution in [3.8, 4) is 22.9 Å². The van der Waals surface area contributed by atoms with Gasteiger partial charge in [0, 0.05) is 24.4 Å². The van der Waals surface area contributed by atoms with Crippen molar-refractivity contribution in [2.24, 2.45) is 17.8 Å². The number of nitrogens with zero attached hydrogens (tertiary/aromatic N) is 2. The third-order valence-electron chi connectivity index (χ3n) is 9.26. The average Bonchev–Trinajstić information content (AvgIpc) is 3.00. The first-order valence-corrected chi connectivity index (χ1v) is 16.9.